The lowest BCUT2D eigenvalue weighted by atomic mass is 10.2. The van der Waals surface area contributed by atoms with Crippen LogP contribution in [0, 0.1) is 0 Å². The van der Waals surface area contributed by atoms with Crippen LogP contribution < -0.4 is 14.8 Å². The van der Waals surface area contributed by atoms with Crippen LogP contribution >= 0.6 is 0 Å². The predicted molar refractivity (Wildman–Crippen MR) is 71.6 cm³/mol. The van der Waals surface area contributed by atoms with E-state index in [1.165, 1.54) is 14.2 Å². The lowest BCUT2D eigenvalue weighted by Crippen LogP contribution is -2.31. The van der Waals surface area contributed by atoms with Crippen molar-refractivity contribution in [2.75, 3.05) is 31.0 Å². The number of anilines is 1. The number of aliphatic hydroxyl groups is 1. The molecular weight excluding hydrogens is 270 g/mol. The van der Waals surface area contributed by atoms with Gasteiger partial charge in [-0.2, -0.15) is 0 Å². The number of hydrogen-bond acceptors (Lipinski definition) is 6. The third-order valence-corrected chi connectivity index (χ3v) is 4.74. The minimum atomic E-state index is -3.17. The Bertz CT molecular complexity index is 535. The summed E-state index contributed by atoms with van der Waals surface area (Å²) in [5.74, 6) is 0.911. The van der Waals surface area contributed by atoms with Crippen LogP contribution in [0.4, 0.5) is 5.69 Å². The molecule has 1 aromatic rings. The van der Waals surface area contributed by atoms with Crippen LogP contribution in [0.2, 0.25) is 0 Å². The Morgan fingerprint density at radius 3 is 2.16 bits per heavy atom. The number of nitrogens with one attached hydrogen (secondary N) is 1. The minimum Gasteiger partial charge on any atom is -0.497 e. The Labute approximate surface area is 112 Å². The molecule has 0 bridgehead atoms. The molecule has 1 aromatic carbocycles. The molecule has 1 saturated heterocycles. The second-order valence-electron chi connectivity index (χ2n) is 4.50. The number of sulfone groups is 1. The SMILES string of the molecule is COc1cc(NC2CS(=O)(=O)CC2O)cc(OC)c1. The van der Waals surface area contributed by atoms with Gasteiger partial charge in [-0.3, -0.25) is 0 Å². The fraction of sp³-hybridized carbons (Fsp3) is 0.500. The molecule has 1 fully saturated rings. The van der Waals surface area contributed by atoms with Gasteiger partial charge in [0.2, 0.25) is 0 Å². The van der Waals surface area contributed by atoms with Crippen molar-refractivity contribution in [3.8, 4) is 11.5 Å². The topological polar surface area (TPSA) is 84.9 Å². The summed E-state index contributed by atoms with van der Waals surface area (Å²) in [6, 6.07) is 4.65. The van der Waals surface area contributed by atoms with Crippen molar-refractivity contribution in [3.05, 3.63) is 18.2 Å². The number of hydrogen-bond donors (Lipinski definition) is 2. The van der Waals surface area contributed by atoms with Gasteiger partial charge >= 0.3 is 0 Å². The molecule has 106 valence electrons. The highest BCUT2D eigenvalue weighted by Crippen LogP contribution is 2.27. The molecule has 2 atom stereocenters. The normalized spacial score (nSPS) is 25.0. The van der Waals surface area contributed by atoms with E-state index < -0.39 is 22.0 Å². The van der Waals surface area contributed by atoms with E-state index in [2.05, 4.69) is 5.32 Å². The smallest absolute Gasteiger partial charge is 0.155 e. The van der Waals surface area contributed by atoms with Crippen LogP contribution in [0.3, 0.4) is 0 Å². The van der Waals surface area contributed by atoms with Crippen LogP contribution in [-0.2, 0) is 9.84 Å². The van der Waals surface area contributed by atoms with Gasteiger partial charge in [-0.25, -0.2) is 8.42 Å². The number of benzene rings is 1. The standard InChI is InChI=1S/C12H17NO5S/c1-17-9-3-8(4-10(5-9)18-2)13-11-6-19(15,16)7-12(11)14/h3-5,11-14H,6-7H2,1-2H3. The zero-order chi connectivity index (χ0) is 14.0. The number of methoxy groups -OCH3 is 2. The minimum absolute atomic E-state index is 0.0757. The van der Waals surface area contributed by atoms with Crippen molar-refractivity contribution in [1.82, 2.24) is 0 Å². The highest BCUT2D eigenvalue weighted by Gasteiger charge is 2.36. The fourth-order valence-electron chi connectivity index (χ4n) is 2.07. The van der Waals surface area contributed by atoms with Crippen LogP contribution in [0.1, 0.15) is 0 Å². The highest BCUT2D eigenvalue weighted by atomic mass is 32.2. The molecule has 1 aliphatic rings. The molecule has 1 aliphatic heterocycles. The summed E-state index contributed by atoms with van der Waals surface area (Å²) in [4.78, 5) is 0. The molecule has 2 unspecified atom stereocenters. The Hall–Kier alpha value is -1.47. The molecule has 0 aromatic heterocycles. The van der Waals surface area contributed by atoms with E-state index in [4.69, 9.17) is 9.47 Å². The van der Waals surface area contributed by atoms with Crippen LogP contribution in [-0.4, -0.2) is 51.4 Å². The monoisotopic (exact) mass is 287 g/mol. The fourth-order valence-corrected chi connectivity index (χ4v) is 3.81. The van der Waals surface area contributed by atoms with Crippen molar-refractivity contribution < 1.29 is 23.0 Å². The van der Waals surface area contributed by atoms with Crippen molar-refractivity contribution >= 4 is 15.5 Å². The molecule has 6 nitrogen and oxygen atoms in total. The maximum Gasteiger partial charge on any atom is 0.155 e. The van der Waals surface area contributed by atoms with E-state index in [0.29, 0.717) is 17.2 Å². The molecule has 0 spiro atoms. The first-order valence-electron chi connectivity index (χ1n) is 5.81. The number of ether oxygens (including phenoxy) is 2. The molecular formula is C12H17NO5S. The first-order valence-corrected chi connectivity index (χ1v) is 7.64. The lowest BCUT2D eigenvalue weighted by molar-refractivity contribution is 0.190. The summed E-state index contributed by atoms with van der Waals surface area (Å²) in [7, 11) is -0.101. The third-order valence-electron chi connectivity index (χ3n) is 3.03. The quantitative estimate of drug-likeness (QED) is 0.827. The maximum absolute atomic E-state index is 11.4. The van der Waals surface area contributed by atoms with E-state index >= 15 is 0 Å². The Kier molecular flexibility index (Phi) is 3.86. The molecule has 2 N–H and O–H groups in total. The lowest BCUT2D eigenvalue weighted by Gasteiger charge is -2.17. The molecule has 0 aliphatic carbocycles. The van der Waals surface area contributed by atoms with Gasteiger partial charge in [0.05, 0.1) is 37.9 Å². The van der Waals surface area contributed by atoms with E-state index in [-0.39, 0.29) is 11.5 Å². The summed E-state index contributed by atoms with van der Waals surface area (Å²) < 4.78 is 33.1. The van der Waals surface area contributed by atoms with Crippen LogP contribution in [0.25, 0.3) is 0 Å². The number of aliphatic hydroxyl groups excluding tert-OH is 1. The molecule has 19 heavy (non-hydrogen) atoms. The largest absolute Gasteiger partial charge is 0.497 e. The van der Waals surface area contributed by atoms with Gasteiger partial charge in [0, 0.05) is 23.9 Å². The Morgan fingerprint density at radius 2 is 1.74 bits per heavy atom. The number of rotatable bonds is 4. The summed E-state index contributed by atoms with van der Waals surface area (Å²) in [5.41, 5.74) is 0.650. The molecule has 0 saturated carbocycles. The average Bonchev–Trinajstić information content (AvgIpc) is 2.61. The Morgan fingerprint density at radius 1 is 1.16 bits per heavy atom. The highest BCUT2D eigenvalue weighted by molar-refractivity contribution is 7.91. The van der Waals surface area contributed by atoms with Crippen LogP contribution in [0.5, 0.6) is 11.5 Å². The van der Waals surface area contributed by atoms with Crippen molar-refractivity contribution in [2.45, 2.75) is 12.1 Å². The maximum atomic E-state index is 11.4. The summed E-state index contributed by atoms with van der Waals surface area (Å²) in [6.45, 7) is 0. The van der Waals surface area contributed by atoms with Crippen molar-refractivity contribution in [2.24, 2.45) is 0 Å². The van der Waals surface area contributed by atoms with Gasteiger partial charge in [-0.05, 0) is 0 Å². The molecule has 7 heteroatoms. The molecule has 0 radical (unpaired) electrons. The van der Waals surface area contributed by atoms with Crippen molar-refractivity contribution in [3.63, 3.8) is 0 Å². The second kappa shape index (κ2) is 5.26. The summed E-state index contributed by atoms with van der Waals surface area (Å²) in [5, 5.41) is 12.7. The molecule has 2 rings (SSSR count). The van der Waals surface area contributed by atoms with E-state index in [1.807, 2.05) is 0 Å². The summed E-state index contributed by atoms with van der Waals surface area (Å²) >= 11 is 0. The van der Waals surface area contributed by atoms with Crippen LogP contribution in [0.15, 0.2) is 18.2 Å². The summed E-state index contributed by atoms with van der Waals surface area (Å²) in [6.07, 6.45) is -0.901. The Balaban J connectivity index is 2.19. The van der Waals surface area contributed by atoms with Gasteiger partial charge in [0.15, 0.2) is 9.84 Å². The van der Waals surface area contributed by atoms with Gasteiger partial charge in [-0.1, -0.05) is 0 Å². The van der Waals surface area contributed by atoms with Gasteiger partial charge in [-0.15, -0.1) is 0 Å². The van der Waals surface area contributed by atoms with E-state index in [0.717, 1.165) is 0 Å². The second-order valence-corrected chi connectivity index (χ2v) is 6.65. The van der Waals surface area contributed by atoms with Gasteiger partial charge in [0.1, 0.15) is 11.5 Å². The first-order chi connectivity index (χ1) is 8.93. The van der Waals surface area contributed by atoms with E-state index in [9.17, 15) is 13.5 Å². The van der Waals surface area contributed by atoms with Gasteiger partial charge in [0.25, 0.3) is 0 Å². The zero-order valence-corrected chi connectivity index (χ0v) is 11.6. The molecule has 0 amide bonds. The zero-order valence-electron chi connectivity index (χ0n) is 10.8. The predicted octanol–water partition coefficient (Wildman–Crippen LogP) is 0.274. The first kappa shape index (κ1) is 14.0. The average molecular weight is 287 g/mol. The van der Waals surface area contributed by atoms with Crippen molar-refractivity contribution in [1.29, 1.82) is 0 Å². The van der Waals surface area contributed by atoms with Gasteiger partial charge < -0.3 is 19.9 Å². The third kappa shape index (κ3) is 3.30. The molecule has 1 heterocycles. The van der Waals surface area contributed by atoms with E-state index in [1.54, 1.807) is 18.2 Å².